The van der Waals surface area contributed by atoms with Crippen LogP contribution in [-0.4, -0.2) is 45.7 Å². The van der Waals surface area contributed by atoms with Crippen molar-refractivity contribution in [3.63, 3.8) is 0 Å². The van der Waals surface area contributed by atoms with Crippen LogP contribution in [-0.2, 0) is 22.6 Å². The SMILES string of the molecule is Cc1ccccc1CC(=O)N1C[C@@H]2CC[C@H](C1)N(Cc1cscn1)C2=O. The number of fused-ring (bicyclic) bond motifs is 4. The highest BCUT2D eigenvalue weighted by Gasteiger charge is 2.41. The van der Waals surface area contributed by atoms with Gasteiger partial charge in [-0.05, 0) is 30.9 Å². The zero-order valence-corrected chi connectivity index (χ0v) is 15.7. The van der Waals surface area contributed by atoms with Gasteiger partial charge in [0.2, 0.25) is 11.8 Å². The monoisotopic (exact) mass is 369 g/mol. The lowest BCUT2D eigenvalue weighted by Gasteiger charge is -2.35. The van der Waals surface area contributed by atoms with Gasteiger partial charge in [0.05, 0.1) is 30.1 Å². The molecule has 4 heterocycles. The van der Waals surface area contributed by atoms with Gasteiger partial charge >= 0.3 is 0 Å². The average molecular weight is 369 g/mol. The summed E-state index contributed by atoms with van der Waals surface area (Å²) >= 11 is 1.55. The van der Waals surface area contributed by atoms with Crippen LogP contribution in [0.1, 0.15) is 29.7 Å². The van der Waals surface area contributed by atoms with Gasteiger partial charge in [-0.1, -0.05) is 24.3 Å². The van der Waals surface area contributed by atoms with Gasteiger partial charge in [-0.3, -0.25) is 9.59 Å². The Balaban J connectivity index is 1.49. The third-order valence-corrected chi connectivity index (χ3v) is 6.20. The zero-order chi connectivity index (χ0) is 18.1. The van der Waals surface area contributed by atoms with Crippen molar-refractivity contribution in [3.8, 4) is 0 Å². The summed E-state index contributed by atoms with van der Waals surface area (Å²) in [6.07, 6.45) is 2.26. The number of carbonyl (C=O) groups is 2. The number of nitrogens with zero attached hydrogens (tertiary/aromatic N) is 3. The molecular weight excluding hydrogens is 346 g/mol. The standard InChI is InChI=1S/C20H23N3O2S/c1-14-4-2-3-5-15(14)8-19(24)22-9-16-6-7-18(11-22)23(20(16)25)10-17-12-26-13-21-17/h2-5,12-13,16,18H,6-11H2,1H3/t16-,18+/m0/s1. The van der Waals surface area contributed by atoms with Crippen molar-refractivity contribution in [3.05, 3.63) is 52.0 Å². The maximum atomic E-state index is 12.9. The molecule has 3 aliphatic heterocycles. The van der Waals surface area contributed by atoms with Gasteiger partial charge in [-0.2, -0.15) is 0 Å². The highest BCUT2D eigenvalue weighted by Crippen LogP contribution is 2.30. The first-order chi connectivity index (χ1) is 12.6. The molecule has 2 aromatic rings. The zero-order valence-electron chi connectivity index (χ0n) is 14.9. The number of amides is 2. The lowest BCUT2D eigenvalue weighted by molar-refractivity contribution is -0.140. The summed E-state index contributed by atoms with van der Waals surface area (Å²) in [6.45, 7) is 3.78. The van der Waals surface area contributed by atoms with E-state index in [1.807, 2.05) is 46.4 Å². The van der Waals surface area contributed by atoms with Crippen LogP contribution in [0.15, 0.2) is 35.2 Å². The molecule has 5 rings (SSSR count). The number of rotatable bonds is 4. The van der Waals surface area contributed by atoms with E-state index in [1.54, 1.807) is 16.8 Å². The average Bonchev–Trinajstić information content (AvgIpc) is 2.99. The summed E-state index contributed by atoms with van der Waals surface area (Å²) in [4.78, 5) is 34.0. The maximum absolute atomic E-state index is 12.9. The maximum Gasteiger partial charge on any atom is 0.228 e. The van der Waals surface area contributed by atoms with Crippen molar-refractivity contribution in [2.24, 2.45) is 5.92 Å². The Bertz CT molecular complexity index is 805. The lowest BCUT2D eigenvalue weighted by Crippen LogP contribution is -2.47. The second-order valence-corrected chi connectivity index (χ2v) is 7.99. The van der Waals surface area contributed by atoms with E-state index in [0.717, 1.165) is 29.7 Å². The molecule has 3 fully saturated rings. The fourth-order valence-corrected chi connectivity index (χ4v) is 4.58. The fraction of sp³-hybridized carbons (Fsp3) is 0.450. The summed E-state index contributed by atoms with van der Waals surface area (Å²) in [5.74, 6) is 0.230. The Kier molecular flexibility index (Phi) is 4.76. The Hall–Kier alpha value is -2.21. The van der Waals surface area contributed by atoms with Crippen LogP contribution in [0.4, 0.5) is 0 Å². The number of piperidine rings is 1. The van der Waals surface area contributed by atoms with Crippen LogP contribution >= 0.6 is 11.3 Å². The molecule has 0 aliphatic carbocycles. The van der Waals surface area contributed by atoms with Gasteiger partial charge in [0.25, 0.3) is 0 Å². The number of carbonyl (C=O) groups excluding carboxylic acids is 2. The molecule has 3 saturated heterocycles. The summed E-state index contributed by atoms with van der Waals surface area (Å²) in [7, 11) is 0. The van der Waals surface area contributed by atoms with Crippen molar-refractivity contribution in [1.29, 1.82) is 0 Å². The van der Waals surface area contributed by atoms with Gasteiger partial charge in [-0.25, -0.2) is 4.98 Å². The first-order valence-electron chi connectivity index (χ1n) is 9.11. The van der Waals surface area contributed by atoms with Gasteiger partial charge in [-0.15, -0.1) is 11.3 Å². The summed E-state index contributed by atoms with van der Waals surface area (Å²) in [6, 6.07) is 8.11. The fourth-order valence-electron chi connectivity index (χ4n) is 4.03. The molecule has 0 unspecified atom stereocenters. The van der Waals surface area contributed by atoms with E-state index in [4.69, 9.17) is 0 Å². The smallest absolute Gasteiger partial charge is 0.228 e. The highest BCUT2D eigenvalue weighted by molar-refractivity contribution is 7.07. The number of hydrogen-bond donors (Lipinski definition) is 0. The molecule has 1 aromatic carbocycles. The van der Waals surface area contributed by atoms with Crippen LogP contribution in [0, 0.1) is 12.8 Å². The number of aryl methyl sites for hydroxylation is 1. The Morgan fingerprint density at radius 1 is 1.27 bits per heavy atom. The first kappa shape index (κ1) is 17.2. The van der Waals surface area contributed by atoms with E-state index >= 15 is 0 Å². The Morgan fingerprint density at radius 3 is 2.88 bits per heavy atom. The molecular formula is C20H23N3O2S. The van der Waals surface area contributed by atoms with E-state index in [-0.39, 0.29) is 23.8 Å². The van der Waals surface area contributed by atoms with Crippen molar-refractivity contribution in [2.75, 3.05) is 13.1 Å². The molecule has 0 spiro atoms. The minimum Gasteiger partial charge on any atom is -0.340 e. The molecule has 6 heteroatoms. The Morgan fingerprint density at radius 2 is 2.12 bits per heavy atom. The summed E-state index contributed by atoms with van der Waals surface area (Å²) in [5.41, 5.74) is 4.95. The van der Waals surface area contributed by atoms with Crippen LogP contribution in [0.3, 0.4) is 0 Å². The molecule has 136 valence electrons. The molecule has 3 aliphatic rings. The van der Waals surface area contributed by atoms with E-state index in [0.29, 0.717) is 26.1 Å². The number of hydrogen-bond acceptors (Lipinski definition) is 4. The van der Waals surface area contributed by atoms with E-state index < -0.39 is 0 Å². The van der Waals surface area contributed by atoms with Crippen LogP contribution in [0.5, 0.6) is 0 Å². The molecule has 1 aromatic heterocycles. The van der Waals surface area contributed by atoms with E-state index in [9.17, 15) is 9.59 Å². The van der Waals surface area contributed by atoms with Gasteiger partial charge in [0.15, 0.2) is 0 Å². The van der Waals surface area contributed by atoms with E-state index in [2.05, 4.69) is 4.98 Å². The Labute approximate surface area is 157 Å². The molecule has 2 atom stereocenters. The molecule has 26 heavy (non-hydrogen) atoms. The van der Waals surface area contributed by atoms with Crippen LogP contribution < -0.4 is 0 Å². The largest absolute Gasteiger partial charge is 0.340 e. The van der Waals surface area contributed by atoms with Crippen molar-refractivity contribution < 1.29 is 9.59 Å². The second-order valence-electron chi connectivity index (χ2n) is 7.28. The minimum absolute atomic E-state index is 0.0757. The van der Waals surface area contributed by atoms with Crippen LogP contribution in [0.2, 0.25) is 0 Å². The van der Waals surface area contributed by atoms with Crippen molar-refractivity contribution in [2.45, 2.75) is 38.8 Å². The van der Waals surface area contributed by atoms with Crippen molar-refractivity contribution >= 4 is 23.2 Å². The summed E-state index contributed by atoms with van der Waals surface area (Å²) < 4.78 is 0. The lowest BCUT2D eigenvalue weighted by atomic mass is 9.94. The number of aromatic nitrogens is 1. The molecule has 0 N–H and O–H groups in total. The minimum atomic E-state index is -0.0757. The first-order valence-corrected chi connectivity index (χ1v) is 10.1. The molecule has 0 saturated carbocycles. The predicted molar refractivity (Wildman–Crippen MR) is 101 cm³/mol. The van der Waals surface area contributed by atoms with Gasteiger partial charge in [0.1, 0.15) is 0 Å². The van der Waals surface area contributed by atoms with Crippen LogP contribution in [0.25, 0.3) is 0 Å². The third kappa shape index (κ3) is 3.38. The highest BCUT2D eigenvalue weighted by atomic mass is 32.1. The molecule has 2 amide bonds. The summed E-state index contributed by atoms with van der Waals surface area (Å²) in [5, 5.41) is 1.99. The quantitative estimate of drug-likeness (QED) is 0.833. The number of thiazole rings is 1. The van der Waals surface area contributed by atoms with Crippen molar-refractivity contribution in [1.82, 2.24) is 14.8 Å². The topological polar surface area (TPSA) is 53.5 Å². The molecule has 5 nitrogen and oxygen atoms in total. The normalized spacial score (nSPS) is 22.6. The second kappa shape index (κ2) is 7.19. The number of benzene rings is 1. The molecule has 2 bridgehead atoms. The third-order valence-electron chi connectivity index (χ3n) is 5.56. The molecule has 0 radical (unpaired) electrons. The van der Waals surface area contributed by atoms with E-state index in [1.165, 1.54) is 0 Å². The predicted octanol–water partition coefficient (Wildman–Crippen LogP) is 2.64. The van der Waals surface area contributed by atoms with Gasteiger partial charge in [0, 0.05) is 24.5 Å². The van der Waals surface area contributed by atoms with Gasteiger partial charge < -0.3 is 9.80 Å².